The summed E-state index contributed by atoms with van der Waals surface area (Å²) in [5.41, 5.74) is 2.49. The van der Waals surface area contributed by atoms with Gasteiger partial charge in [-0.3, -0.25) is 0 Å². The van der Waals surface area contributed by atoms with Crippen molar-refractivity contribution >= 4 is 5.97 Å². The molecule has 0 aliphatic carbocycles. The van der Waals surface area contributed by atoms with Crippen LogP contribution in [0, 0.1) is 13.8 Å². The summed E-state index contributed by atoms with van der Waals surface area (Å²) in [4.78, 5) is 11.2. The Morgan fingerprint density at radius 2 is 1.85 bits per heavy atom. The fourth-order valence-electron chi connectivity index (χ4n) is 1.23. The summed E-state index contributed by atoms with van der Waals surface area (Å²) >= 11 is 0. The summed E-state index contributed by atoms with van der Waals surface area (Å²) in [5.74, 6) is -0.491. The SMILES string of the molecule is Cc1cc(C)cc(C(=O)OCO)c1. The van der Waals surface area contributed by atoms with Crippen molar-refractivity contribution in [2.75, 3.05) is 6.79 Å². The third-order valence-corrected chi connectivity index (χ3v) is 1.65. The first-order valence-corrected chi connectivity index (χ1v) is 4.00. The van der Waals surface area contributed by atoms with E-state index in [2.05, 4.69) is 4.74 Å². The molecule has 1 aromatic carbocycles. The number of rotatable bonds is 2. The van der Waals surface area contributed by atoms with Crippen LogP contribution in [0.4, 0.5) is 0 Å². The summed E-state index contributed by atoms with van der Waals surface area (Å²) in [6, 6.07) is 5.42. The highest BCUT2D eigenvalue weighted by molar-refractivity contribution is 5.89. The Hall–Kier alpha value is -1.35. The van der Waals surface area contributed by atoms with Gasteiger partial charge < -0.3 is 9.84 Å². The van der Waals surface area contributed by atoms with Crippen LogP contribution in [0.3, 0.4) is 0 Å². The number of carbonyl (C=O) groups excluding carboxylic acids is 1. The highest BCUT2D eigenvalue weighted by Gasteiger charge is 2.06. The summed E-state index contributed by atoms with van der Waals surface area (Å²) in [6.07, 6.45) is 0. The largest absolute Gasteiger partial charge is 0.435 e. The van der Waals surface area contributed by atoms with Crippen molar-refractivity contribution in [1.82, 2.24) is 0 Å². The molecule has 0 unspecified atom stereocenters. The summed E-state index contributed by atoms with van der Waals surface area (Å²) in [7, 11) is 0. The van der Waals surface area contributed by atoms with Crippen molar-refractivity contribution in [3.63, 3.8) is 0 Å². The predicted octanol–water partition coefficient (Wildman–Crippen LogP) is 1.41. The lowest BCUT2D eigenvalue weighted by molar-refractivity contribution is 0.00682. The Labute approximate surface area is 77.0 Å². The molecule has 1 rings (SSSR count). The van der Waals surface area contributed by atoms with Crippen LogP contribution >= 0.6 is 0 Å². The molecule has 3 heteroatoms. The molecular formula is C10H12O3. The van der Waals surface area contributed by atoms with Crippen LogP contribution in [0.1, 0.15) is 21.5 Å². The van der Waals surface area contributed by atoms with Crippen LogP contribution in [0.15, 0.2) is 18.2 Å². The van der Waals surface area contributed by atoms with Crippen molar-refractivity contribution in [1.29, 1.82) is 0 Å². The zero-order valence-electron chi connectivity index (χ0n) is 7.70. The van der Waals surface area contributed by atoms with Gasteiger partial charge >= 0.3 is 5.97 Å². The lowest BCUT2D eigenvalue weighted by atomic mass is 10.1. The molecule has 0 fully saturated rings. The Kier molecular flexibility index (Phi) is 3.03. The predicted molar refractivity (Wildman–Crippen MR) is 48.4 cm³/mol. The first-order valence-electron chi connectivity index (χ1n) is 4.00. The van der Waals surface area contributed by atoms with Crippen LogP contribution in [0.2, 0.25) is 0 Å². The topological polar surface area (TPSA) is 46.5 Å². The lowest BCUT2D eigenvalue weighted by Crippen LogP contribution is -2.06. The van der Waals surface area contributed by atoms with Crippen molar-refractivity contribution in [2.24, 2.45) is 0 Å². The summed E-state index contributed by atoms with van der Waals surface area (Å²) < 4.78 is 4.45. The molecule has 1 N–H and O–H groups in total. The monoisotopic (exact) mass is 180 g/mol. The highest BCUT2D eigenvalue weighted by atomic mass is 16.6. The van der Waals surface area contributed by atoms with Gasteiger partial charge in [0.05, 0.1) is 5.56 Å². The number of aryl methyl sites for hydroxylation is 2. The second kappa shape index (κ2) is 4.05. The molecule has 0 radical (unpaired) electrons. The molecule has 0 saturated heterocycles. The Balaban J connectivity index is 2.94. The Morgan fingerprint density at radius 1 is 1.31 bits per heavy atom. The molecule has 0 atom stereocenters. The molecule has 0 saturated carbocycles. The summed E-state index contributed by atoms with van der Waals surface area (Å²) in [5, 5.41) is 8.39. The minimum absolute atomic E-state index is 0.478. The Bertz CT molecular complexity index is 298. The minimum Gasteiger partial charge on any atom is -0.435 e. The van der Waals surface area contributed by atoms with E-state index in [4.69, 9.17) is 5.11 Å². The fraction of sp³-hybridized carbons (Fsp3) is 0.300. The number of aliphatic hydroxyl groups excluding tert-OH is 1. The van der Waals surface area contributed by atoms with Gasteiger partial charge in [0.1, 0.15) is 0 Å². The van der Waals surface area contributed by atoms with Gasteiger partial charge in [0.2, 0.25) is 0 Å². The molecule has 0 amide bonds. The van der Waals surface area contributed by atoms with E-state index in [0.29, 0.717) is 5.56 Å². The van der Waals surface area contributed by atoms with Crippen LogP contribution in [-0.4, -0.2) is 17.9 Å². The number of hydrogen-bond donors (Lipinski definition) is 1. The van der Waals surface area contributed by atoms with Crippen molar-refractivity contribution in [3.8, 4) is 0 Å². The molecule has 0 heterocycles. The van der Waals surface area contributed by atoms with E-state index >= 15 is 0 Å². The van der Waals surface area contributed by atoms with E-state index in [1.807, 2.05) is 19.9 Å². The number of aliphatic hydroxyl groups is 1. The van der Waals surface area contributed by atoms with Crippen molar-refractivity contribution in [3.05, 3.63) is 34.9 Å². The van der Waals surface area contributed by atoms with Crippen molar-refractivity contribution in [2.45, 2.75) is 13.8 Å². The number of ether oxygens (including phenoxy) is 1. The zero-order chi connectivity index (χ0) is 9.84. The smallest absolute Gasteiger partial charge is 0.340 e. The highest BCUT2D eigenvalue weighted by Crippen LogP contribution is 2.09. The molecule has 70 valence electrons. The standard InChI is InChI=1S/C10H12O3/c1-7-3-8(2)5-9(4-7)10(12)13-6-11/h3-5,11H,6H2,1-2H3. The normalized spacial score (nSPS) is 9.77. The molecular weight excluding hydrogens is 168 g/mol. The molecule has 3 nitrogen and oxygen atoms in total. The second-order valence-corrected chi connectivity index (χ2v) is 2.94. The second-order valence-electron chi connectivity index (χ2n) is 2.94. The maximum atomic E-state index is 11.2. The van der Waals surface area contributed by atoms with Crippen molar-refractivity contribution < 1.29 is 14.6 Å². The molecule has 0 bridgehead atoms. The van der Waals surface area contributed by atoms with E-state index in [1.165, 1.54) is 0 Å². The van der Waals surface area contributed by atoms with E-state index in [1.54, 1.807) is 12.1 Å². The molecule has 0 aliphatic heterocycles. The van der Waals surface area contributed by atoms with Crippen LogP contribution in [-0.2, 0) is 4.74 Å². The van der Waals surface area contributed by atoms with Gasteiger partial charge in [-0.15, -0.1) is 0 Å². The van der Waals surface area contributed by atoms with Crippen LogP contribution in [0.5, 0.6) is 0 Å². The van der Waals surface area contributed by atoms with E-state index in [-0.39, 0.29) is 0 Å². The number of benzene rings is 1. The minimum atomic E-state index is -0.578. The van der Waals surface area contributed by atoms with Gasteiger partial charge in [-0.25, -0.2) is 4.79 Å². The molecule has 0 spiro atoms. The van der Waals surface area contributed by atoms with Gasteiger partial charge in [0, 0.05) is 0 Å². The maximum absolute atomic E-state index is 11.2. The molecule has 1 aromatic rings. The average molecular weight is 180 g/mol. The van der Waals surface area contributed by atoms with Gasteiger partial charge in [0.15, 0.2) is 6.79 Å². The molecule has 13 heavy (non-hydrogen) atoms. The fourth-order valence-corrected chi connectivity index (χ4v) is 1.23. The lowest BCUT2D eigenvalue weighted by Gasteiger charge is -2.03. The number of hydrogen-bond acceptors (Lipinski definition) is 3. The first kappa shape index (κ1) is 9.74. The maximum Gasteiger partial charge on any atom is 0.340 e. The van der Waals surface area contributed by atoms with E-state index < -0.39 is 12.8 Å². The Morgan fingerprint density at radius 3 is 2.31 bits per heavy atom. The number of carbonyl (C=O) groups is 1. The summed E-state index contributed by atoms with van der Waals surface area (Å²) in [6.45, 7) is 3.23. The third kappa shape index (κ3) is 2.56. The molecule has 0 aliphatic rings. The van der Waals surface area contributed by atoms with Gasteiger partial charge in [-0.2, -0.15) is 0 Å². The van der Waals surface area contributed by atoms with Gasteiger partial charge in [0.25, 0.3) is 0 Å². The van der Waals surface area contributed by atoms with E-state index in [0.717, 1.165) is 11.1 Å². The van der Waals surface area contributed by atoms with Crippen LogP contribution < -0.4 is 0 Å². The zero-order valence-corrected chi connectivity index (χ0v) is 7.70. The average Bonchev–Trinajstić information content (AvgIpc) is 2.03. The number of esters is 1. The molecule has 0 aromatic heterocycles. The first-order chi connectivity index (χ1) is 6.13. The van der Waals surface area contributed by atoms with Gasteiger partial charge in [-0.1, -0.05) is 17.2 Å². The quantitative estimate of drug-likeness (QED) is 0.553. The third-order valence-electron chi connectivity index (χ3n) is 1.65. The van der Waals surface area contributed by atoms with Crippen LogP contribution in [0.25, 0.3) is 0 Å². The van der Waals surface area contributed by atoms with Gasteiger partial charge in [-0.05, 0) is 26.0 Å². The van der Waals surface area contributed by atoms with E-state index in [9.17, 15) is 4.79 Å².